The molecule has 0 unspecified atom stereocenters. The molecule has 0 spiro atoms. The number of aliphatic hydroxyl groups excluding tert-OH is 1. The van der Waals surface area contributed by atoms with Gasteiger partial charge in [-0.2, -0.15) is 0 Å². The van der Waals surface area contributed by atoms with Crippen molar-refractivity contribution in [2.24, 2.45) is 0 Å². The van der Waals surface area contributed by atoms with E-state index in [2.05, 4.69) is 41.2 Å². The normalized spacial score (nSPS) is 10.5. The first kappa shape index (κ1) is 21.7. The van der Waals surface area contributed by atoms with Crippen LogP contribution in [0.15, 0.2) is 60.4 Å². The third-order valence-corrected chi connectivity index (χ3v) is 3.37. The number of carbonyl (C=O) groups is 1. The van der Waals surface area contributed by atoms with Crippen molar-refractivity contribution in [3.63, 3.8) is 0 Å². The van der Waals surface area contributed by atoms with Crippen molar-refractivity contribution >= 4 is 16.7 Å². The molecule has 2 heterocycles. The number of benzene rings is 1. The van der Waals surface area contributed by atoms with Gasteiger partial charge in [-0.05, 0) is 57.5 Å². The Balaban J connectivity index is 0.000000366. The average Bonchev–Trinajstić information content (AvgIpc) is 2.53. The Labute approximate surface area is 167 Å². The molecule has 0 amide bonds. The van der Waals surface area contributed by atoms with E-state index in [0.29, 0.717) is 0 Å². The minimum Gasteiger partial charge on any atom is -0.512 e. The molecule has 0 saturated carbocycles. The minimum atomic E-state index is -0.125. The first-order valence-electron chi connectivity index (χ1n) is 8.04. The van der Waals surface area contributed by atoms with Gasteiger partial charge in [0.05, 0.1) is 22.7 Å². The molecule has 0 fully saturated rings. The fourth-order valence-corrected chi connectivity index (χ4v) is 2.48. The van der Waals surface area contributed by atoms with Crippen LogP contribution >= 0.6 is 0 Å². The zero-order valence-electron chi connectivity index (χ0n) is 15.3. The molecule has 3 aromatic rings. The minimum absolute atomic E-state index is 0. The standard InChI is InChI=1S/C16H14N2.C5H8O2.Ir/c1-11-9-12(2)17-16(10-11)15-8-7-13-5-3-4-6-14(13)18-15;1-4(6)3-5(2)7;/h3-10H,1-2H3;3,6H,1-2H3;. The molecule has 0 saturated heterocycles. The van der Waals surface area contributed by atoms with E-state index in [9.17, 15) is 4.79 Å². The summed E-state index contributed by atoms with van der Waals surface area (Å²) in [5, 5.41) is 9.52. The molecule has 1 radical (unpaired) electrons. The maximum Gasteiger partial charge on any atom is 0.155 e. The number of rotatable bonds is 2. The maximum absolute atomic E-state index is 10.0. The van der Waals surface area contributed by atoms with Crippen LogP contribution in [0.5, 0.6) is 0 Å². The van der Waals surface area contributed by atoms with Gasteiger partial charge < -0.3 is 5.11 Å². The first-order chi connectivity index (χ1) is 11.8. The largest absolute Gasteiger partial charge is 0.512 e. The molecule has 0 aliphatic rings. The van der Waals surface area contributed by atoms with Crippen molar-refractivity contribution in [1.29, 1.82) is 0 Å². The molecule has 26 heavy (non-hydrogen) atoms. The second-order valence-electron chi connectivity index (χ2n) is 5.96. The zero-order chi connectivity index (χ0) is 18.4. The summed E-state index contributed by atoms with van der Waals surface area (Å²) in [6, 6.07) is 16.4. The predicted molar refractivity (Wildman–Crippen MR) is 102 cm³/mol. The molecule has 4 nitrogen and oxygen atoms in total. The molecule has 0 atom stereocenters. The molecule has 0 bridgehead atoms. The number of aryl methyl sites for hydroxylation is 2. The van der Waals surface area contributed by atoms with Crippen LogP contribution in [0.25, 0.3) is 22.3 Å². The van der Waals surface area contributed by atoms with Gasteiger partial charge in [0.2, 0.25) is 0 Å². The number of carbonyl (C=O) groups excluding carboxylic acids is 1. The van der Waals surface area contributed by atoms with Crippen LogP contribution in [0.1, 0.15) is 25.1 Å². The van der Waals surface area contributed by atoms with E-state index in [-0.39, 0.29) is 31.6 Å². The van der Waals surface area contributed by atoms with Crippen LogP contribution in [-0.2, 0) is 24.9 Å². The summed E-state index contributed by atoms with van der Waals surface area (Å²) in [4.78, 5) is 19.2. The van der Waals surface area contributed by atoms with Gasteiger partial charge in [0.1, 0.15) is 0 Å². The Morgan fingerprint density at radius 2 is 1.65 bits per heavy atom. The first-order valence-corrected chi connectivity index (χ1v) is 8.04. The molecule has 1 N–H and O–H groups in total. The number of hydrogen-bond donors (Lipinski definition) is 1. The van der Waals surface area contributed by atoms with Crippen LogP contribution in [0.4, 0.5) is 0 Å². The van der Waals surface area contributed by atoms with Gasteiger partial charge >= 0.3 is 0 Å². The summed E-state index contributed by atoms with van der Waals surface area (Å²) in [5.41, 5.74) is 5.13. The van der Waals surface area contributed by atoms with E-state index in [4.69, 9.17) is 5.11 Å². The number of fused-ring (bicyclic) bond motifs is 1. The van der Waals surface area contributed by atoms with Gasteiger partial charge in [0, 0.05) is 37.3 Å². The van der Waals surface area contributed by atoms with Gasteiger partial charge in [-0.1, -0.05) is 24.3 Å². The predicted octanol–water partition coefficient (Wildman–Crippen LogP) is 4.95. The molecule has 1 aromatic carbocycles. The summed E-state index contributed by atoms with van der Waals surface area (Å²) >= 11 is 0. The molecule has 3 rings (SSSR count). The van der Waals surface area contributed by atoms with Gasteiger partial charge in [0.25, 0.3) is 0 Å². The molecule has 137 valence electrons. The summed E-state index contributed by atoms with van der Waals surface area (Å²) in [6.07, 6.45) is 1.17. The Morgan fingerprint density at radius 1 is 0.962 bits per heavy atom. The Bertz CT molecular complexity index is 912. The maximum atomic E-state index is 10.0. The van der Waals surface area contributed by atoms with Gasteiger partial charge in [-0.25, -0.2) is 4.98 Å². The number of nitrogens with zero attached hydrogens (tertiary/aromatic N) is 2. The zero-order valence-corrected chi connectivity index (χ0v) is 17.7. The molecule has 0 aliphatic heterocycles. The quantitative estimate of drug-likeness (QED) is 0.379. The molecular formula is C21H22IrN2O2. The van der Waals surface area contributed by atoms with Crippen LogP contribution < -0.4 is 0 Å². The van der Waals surface area contributed by atoms with E-state index in [1.807, 2.05) is 31.2 Å². The fraction of sp³-hybridized carbons (Fsp3) is 0.190. The molecule has 0 aliphatic carbocycles. The summed E-state index contributed by atoms with van der Waals surface area (Å²) in [6.45, 7) is 6.94. The summed E-state index contributed by atoms with van der Waals surface area (Å²) in [5.74, 6) is -0.0625. The number of allylic oxidation sites excluding steroid dienone is 2. The van der Waals surface area contributed by atoms with Crippen molar-refractivity contribution in [2.75, 3.05) is 0 Å². The molecule has 5 heteroatoms. The van der Waals surface area contributed by atoms with Gasteiger partial charge in [-0.3, -0.25) is 9.78 Å². The fourth-order valence-electron chi connectivity index (χ4n) is 2.48. The number of hydrogen-bond acceptors (Lipinski definition) is 4. The topological polar surface area (TPSA) is 63.1 Å². The molecule has 2 aromatic heterocycles. The number of para-hydroxylation sites is 1. The smallest absolute Gasteiger partial charge is 0.155 e. The third-order valence-electron chi connectivity index (χ3n) is 3.37. The number of aromatic nitrogens is 2. The van der Waals surface area contributed by atoms with Gasteiger partial charge in [0.15, 0.2) is 5.78 Å². The average molecular weight is 527 g/mol. The third kappa shape index (κ3) is 6.51. The van der Waals surface area contributed by atoms with Crippen molar-refractivity contribution in [3.05, 3.63) is 71.6 Å². The Morgan fingerprint density at radius 3 is 2.23 bits per heavy atom. The summed E-state index contributed by atoms with van der Waals surface area (Å²) in [7, 11) is 0. The SMILES string of the molecule is CC(=O)C=C(C)O.Cc1cc(C)nc(-c2ccc3ccccc3n2)c1.[Ir]. The monoisotopic (exact) mass is 527 g/mol. The molecular weight excluding hydrogens is 504 g/mol. The second-order valence-corrected chi connectivity index (χ2v) is 5.96. The van der Waals surface area contributed by atoms with E-state index in [0.717, 1.165) is 28.0 Å². The van der Waals surface area contributed by atoms with E-state index in [1.54, 1.807) is 0 Å². The summed E-state index contributed by atoms with van der Waals surface area (Å²) < 4.78 is 0. The van der Waals surface area contributed by atoms with Crippen LogP contribution in [0.3, 0.4) is 0 Å². The van der Waals surface area contributed by atoms with E-state index in [1.165, 1.54) is 25.5 Å². The Kier molecular flexibility index (Phi) is 8.30. The van der Waals surface area contributed by atoms with Crippen LogP contribution in [-0.4, -0.2) is 20.9 Å². The number of ketones is 1. The van der Waals surface area contributed by atoms with Crippen LogP contribution in [0.2, 0.25) is 0 Å². The van der Waals surface area contributed by atoms with Crippen molar-refractivity contribution < 1.29 is 30.0 Å². The number of pyridine rings is 2. The van der Waals surface area contributed by atoms with Crippen molar-refractivity contribution in [3.8, 4) is 11.4 Å². The Hall–Kier alpha value is -2.36. The van der Waals surface area contributed by atoms with E-state index < -0.39 is 0 Å². The van der Waals surface area contributed by atoms with E-state index >= 15 is 0 Å². The van der Waals surface area contributed by atoms with Gasteiger partial charge in [-0.15, -0.1) is 0 Å². The van der Waals surface area contributed by atoms with Crippen LogP contribution in [0, 0.1) is 13.8 Å². The van der Waals surface area contributed by atoms with Crippen molar-refractivity contribution in [2.45, 2.75) is 27.7 Å². The second kappa shape index (κ2) is 9.95. The number of aliphatic hydroxyl groups is 1. The van der Waals surface area contributed by atoms with Crippen molar-refractivity contribution in [1.82, 2.24) is 9.97 Å².